The minimum Gasteiger partial charge on any atom is -0.481 e. The van der Waals surface area contributed by atoms with Gasteiger partial charge in [-0.15, -0.1) is 0 Å². The van der Waals surface area contributed by atoms with E-state index in [4.69, 9.17) is 5.11 Å². The van der Waals surface area contributed by atoms with Gasteiger partial charge in [-0.1, -0.05) is 61.1 Å². The maximum atomic E-state index is 12.5. The Hall–Kier alpha value is -2.40. The molecular weight excluding hydrogens is 354 g/mol. The van der Waals surface area contributed by atoms with Crippen molar-refractivity contribution in [3.63, 3.8) is 0 Å². The normalized spacial score (nSPS) is 19.2. The summed E-state index contributed by atoms with van der Waals surface area (Å²) in [5.74, 6) is -0.643. The first-order chi connectivity index (χ1) is 13.6. The smallest absolute Gasteiger partial charge is 0.303 e. The number of nitrogens with zero attached hydrogens (tertiary/aromatic N) is 1. The number of carbonyl (C=O) groups excluding carboxylic acids is 1. The highest BCUT2D eigenvalue weighted by molar-refractivity contribution is 5.77. The molecule has 2 rings (SSSR count). The predicted molar refractivity (Wildman–Crippen MR) is 110 cm³/mol. The highest BCUT2D eigenvalue weighted by Crippen LogP contribution is 2.19. The van der Waals surface area contributed by atoms with Gasteiger partial charge in [0.05, 0.1) is 12.1 Å². The molecular formula is C23H31NO4. The lowest BCUT2D eigenvalue weighted by molar-refractivity contribution is -0.137. The van der Waals surface area contributed by atoms with Gasteiger partial charge in [0.2, 0.25) is 5.91 Å². The third-order valence-electron chi connectivity index (χ3n) is 4.93. The Kier molecular flexibility index (Phi) is 9.49. The van der Waals surface area contributed by atoms with Gasteiger partial charge in [-0.25, -0.2) is 0 Å². The van der Waals surface area contributed by atoms with Crippen LogP contribution in [0.1, 0.15) is 50.5 Å². The third kappa shape index (κ3) is 8.09. The first-order valence-electron chi connectivity index (χ1n) is 10.1. The Morgan fingerprint density at radius 1 is 1.21 bits per heavy atom. The summed E-state index contributed by atoms with van der Waals surface area (Å²) >= 11 is 0. The van der Waals surface area contributed by atoms with Crippen LogP contribution in [0.4, 0.5) is 0 Å². The molecule has 0 spiro atoms. The van der Waals surface area contributed by atoms with Crippen LogP contribution in [0, 0.1) is 0 Å². The van der Waals surface area contributed by atoms with E-state index in [-0.39, 0.29) is 18.4 Å². The number of hydrogen-bond donors (Lipinski definition) is 2. The van der Waals surface area contributed by atoms with Crippen LogP contribution in [0.25, 0.3) is 0 Å². The van der Waals surface area contributed by atoms with Crippen LogP contribution in [0.5, 0.6) is 0 Å². The molecule has 2 atom stereocenters. The zero-order chi connectivity index (χ0) is 20.2. The summed E-state index contributed by atoms with van der Waals surface area (Å²) in [7, 11) is 0. The second kappa shape index (κ2) is 12.1. The molecule has 5 nitrogen and oxygen atoms in total. The number of allylic oxidation sites excluding steroid dienone is 1. The SMILES string of the molecule is O=C(O)CCCC=CCN1C(=O)CCCCC1C=CC(O)Cc1ccccc1. The average Bonchev–Trinajstić information content (AvgIpc) is 2.85. The average molecular weight is 386 g/mol. The predicted octanol–water partition coefficient (Wildman–Crippen LogP) is 3.73. The maximum absolute atomic E-state index is 12.5. The van der Waals surface area contributed by atoms with E-state index in [0.29, 0.717) is 32.2 Å². The van der Waals surface area contributed by atoms with E-state index in [9.17, 15) is 14.7 Å². The molecule has 0 aromatic heterocycles. The molecule has 2 unspecified atom stereocenters. The monoisotopic (exact) mass is 385 g/mol. The van der Waals surface area contributed by atoms with Gasteiger partial charge in [-0.3, -0.25) is 9.59 Å². The summed E-state index contributed by atoms with van der Waals surface area (Å²) in [6, 6.07) is 9.85. The van der Waals surface area contributed by atoms with Crippen molar-refractivity contribution < 1.29 is 19.8 Å². The number of likely N-dealkylation sites (tertiary alicyclic amines) is 1. The van der Waals surface area contributed by atoms with Crippen LogP contribution in [-0.4, -0.2) is 45.7 Å². The van der Waals surface area contributed by atoms with Crippen molar-refractivity contribution in [2.24, 2.45) is 0 Å². The number of rotatable bonds is 10. The van der Waals surface area contributed by atoms with Crippen LogP contribution >= 0.6 is 0 Å². The molecule has 0 radical (unpaired) electrons. The molecule has 1 aliphatic heterocycles. The Morgan fingerprint density at radius 2 is 2.00 bits per heavy atom. The van der Waals surface area contributed by atoms with Crippen LogP contribution < -0.4 is 0 Å². The number of aliphatic hydroxyl groups excluding tert-OH is 1. The molecule has 152 valence electrons. The summed E-state index contributed by atoms with van der Waals surface area (Å²) < 4.78 is 0. The third-order valence-corrected chi connectivity index (χ3v) is 4.93. The Balaban J connectivity index is 1.91. The molecule has 1 fully saturated rings. The molecule has 1 amide bonds. The second-order valence-corrected chi connectivity index (χ2v) is 7.26. The van der Waals surface area contributed by atoms with Gasteiger partial charge in [-0.05, 0) is 31.2 Å². The van der Waals surface area contributed by atoms with E-state index in [2.05, 4.69) is 0 Å². The minimum atomic E-state index is -0.782. The van der Waals surface area contributed by atoms with E-state index in [1.807, 2.05) is 53.5 Å². The molecule has 0 bridgehead atoms. The first-order valence-corrected chi connectivity index (χ1v) is 10.1. The van der Waals surface area contributed by atoms with Gasteiger partial charge < -0.3 is 15.1 Å². The van der Waals surface area contributed by atoms with Crippen molar-refractivity contribution in [2.75, 3.05) is 6.54 Å². The maximum Gasteiger partial charge on any atom is 0.303 e. The second-order valence-electron chi connectivity index (χ2n) is 7.26. The van der Waals surface area contributed by atoms with Crippen molar-refractivity contribution in [1.82, 2.24) is 4.90 Å². The van der Waals surface area contributed by atoms with Crippen LogP contribution in [0.2, 0.25) is 0 Å². The Labute approximate surface area is 167 Å². The molecule has 1 aliphatic rings. The number of hydrogen-bond acceptors (Lipinski definition) is 3. The number of unbranched alkanes of at least 4 members (excludes halogenated alkanes) is 1. The number of amides is 1. The Bertz CT molecular complexity index is 668. The topological polar surface area (TPSA) is 77.8 Å². The lowest BCUT2D eigenvalue weighted by atomic mass is 10.0. The van der Waals surface area contributed by atoms with E-state index >= 15 is 0 Å². The summed E-state index contributed by atoms with van der Waals surface area (Å²) in [5, 5.41) is 19.0. The summed E-state index contributed by atoms with van der Waals surface area (Å²) in [6.07, 6.45) is 12.5. The van der Waals surface area contributed by atoms with Crippen molar-refractivity contribution in [1.29, 1.82) is 0 Å². The van der Waals surface area contributed by atoms with Crippen LogP contribution in [0.15, 0.2) is 54.6 Å². The highest BCUT2D eigenvalue weighted by atomic mass is 16.4. The lowest BCUT2D eigenvalue weighted by Crippen LogP contribution is -2.38. The van der Waals surface area contributed by atoms with Crippen molar-refractivity contribution in [2.45, 2.75) is 63.5 Å². The number of carboxylic acids is 1. The quantitative estimate of drug-likeness (QED) is 0.475. The van der Waals surface area contributed by atoms with Gasteiger partial charge in [0.15, 0.2) is 0 Å². The molecule has 0 saturated carbocycles. The number of carbonyl (C=O) groups is 2. The summed E-state index contributed by atoms with van der Waals surface area (Å²) in [4.78, 5) is 24.9. The van der Waals surface area contributed by atoms with Gasteiger partial charge in [0.25, 0.3) is 0 Å². The van der Waals surface area contributed by atoms with E-state index in [0.717, 1.165) is 24.8 Å². The molecule has 5 heteroatoms. The number of aliphatic carboxylic acids is 1. The van der Waals surface area contributed by atoms with Gasteiger partial charge in [-0.2, -0.15) is 0 Å². The molecule has 0 aliphatic carbocycles. The molecule has 28 heavy (non-hydrogen) atoms. The standard InChI is InChI=1S/C23H31NO4/c25-21(18-19-10-4-3-5-11-19)16-15-20-12-7-8-13-22(26)24(20)17-9-2-1-6-14-23(27)28/h2-5,9-11,15-16,20-21,25H,1,6-8,12-14,17-18H2,(H,27,28). The van der Waals surface area contributed by atoms with Crippen LogP contribution in [-0.2, 0) is 16.0 Å². The number of aliphatic hydroxyl groups is 1. The van der Waals surface area contributed by atoms with E-state index < -0.39 is 12.1 Å². The van der Waals surface area contributed by atoms with Crippen molar-refractivity contribution >= 4 is 11.9 Å². The largest absolute Gasteiger partial charge is 0.481 e. The van der Waals surface area contributed by atoms with E-state index in [1.165, 1.54) is 0 Å². The molecule has 1 saturated heterocycles. The fourth-order valence-electron chi connectivity index (χ4n) is 3.41. The fraction of sp³-hybridized carbons (Fsp3) is 0.478. The first kappa shape index (κ1) is 21.9. The molecule has 2 N–H and O–H groups in total. The summed E-state index contributed by atoms with van der Waals surface area (Å²) in [6.45, 7) is 0.524. The number of benzene rings is 1. The van der Waals surface area contributed by atoms with Crippen molar-refractivity contribution in [3.05, 3.63) is 60.2 Å². The van der Waals surface area contributed by atoms with E-state index in [1.54, 1.807) is 6.08 Å². The molecule has 1 heterocycles. The lowest BCUT2D eigenvalue weighted by Gasteiger charge is -2.27. The Morgan fingerprint density at radius 3 is 2.75 bits per heavy atom. The minimum absolute atomic E-state index is 0.0101. The van der Waals surface area contributed by atoms with Gasteiger partial charge in [0.1, 0.15) is 0 Å². The zero-order valence-electron chi connectivity index (χ0n) is 16.4. The fourth-order valence-corrected chi connectivity index (χ4v) is 3.41. The van der Waals surface area contributed by atoms with Crippen molar-refractivity contribution in [3.8, 4) is 0 Å². The number of carboxylic acid groups (broad SMARTS) is 1. The molecule has 1 aromatic rings. The van der Waals surface area contributed by atoms with Gasteiger partial charge >= 0.3 is 5.97 Å². The summed E-state index contributed by atoms with van der Waals surface area (Å²) in [5.41, 5.74) is 1.08. The zero-order valence-corrected chi connectivity index (χ0v) is 16.4. The molecule has 1 aromatic carbocycles. The van der Waals surface area contributed by atoms with Gasteiger partial charge in [0, 0.05) is 25.8 Å². The van der Waals surface area contributed by atoms with Crippen LogP contribution in [0.3, 0.4) is 0 Å². The highest BCUT2D eigenvalue weighted by Gasteiger charge is 2.23.